The summed E-state index contributed by atoms with van der Waals surface area (Å²) in [6.07, 6.45) is 3.50. The van der Waals surface area contributed by atoms with Crippen LogP contribution in [0.15, 0.2) is 12.3 Å². The van der Waals surface area contributed by atoms with Gasteiger partial charge >= 0.3 is 0 Å². The zero-order valence-electron chi connectivity index (χ0n) is 9.18. The molecule has 0 spiro atoms. The quantitative estimate of drug-likeness (QED) is 0.487. The molecule has 8 heteroatoms. The van der Waals surface area contributed by atoms with E-state index in [0.717, 1.165) is 12.6 Å². The van der Waals surface area contributed by atoms with Crippen LogP contribution in [0, 0.1) is 10.1 Å². The van der Waals surface area contributed by atoms with Crippen molar-refractivity contribution in [3.63, 3.8) is 0 Å². The molecule has 0 saturated carbocycles. The molecule has 0 aliphatic heterocycles. The third-order valence-electron chi connectivity index (χ3n) is 1.94. The smallest absolute Gasteiger partial charge is 0.289 e. The van der Waals surface area contributed by atoms with E-state index >= 15 is 0 Å². The zero-order valence-corrected chi connectivity index (χ0v) is 10.8. The van der Waals surface area contributed by atoms with Crippen LogP contribution in [-0.4, -0.2) is 32.7 Å². The lowest BCUT2D eigenvalue weighted by Crippen LogP contribution is -2.07. The van der Waals surface area contributed by atoms with E-state index in [2.05, 4.69) is 10.3 Å². The Bertz CT molecular complexity index is 441. The van der Waals surface area contributed by atoms with Crippen LogP contribution < -0.4 is 5.32 Å². The van der Waals surface area contributed by atoms with Crippen molar-refractivity contribution < 1.29 is 9.13 Å². The maximum atomic E-state index is 10.8. The van der Waals surface area contributed by atoms with Crippen molar-refractivity contribution in [2.75, 3.05) is 23.9 Å². The fourth-order valence-electron chi connectivity index (χ4n) is 1.14. The Labute approximate surface area is 106 Å². The highest BCUT2D eigenvalue weighted by Gasteiger charge is 2.10. The molecule has 1 rings (SSSR count). The SMILES string of the molecule is CS(=O)CCCNc1ncc([N+](=O)[O-])cc1Cl. The van der Waals surface area contributed by atoms with Gasteiger partial charge in [-0.05, 0) is 6.42 Å². The Hall–Kier alpha value is -1.21. The number of rotatable bonds is 6. The van der Waals surface area contributed by atoms with E-state index in [1.807, 2.05) is 0 Å². The van der Waals surface area contributed by atoms with E-state index in [4.69, 9.17) is 11.6 Å². The first-order valence-corrected chi connectivity index (χ1v) is 6.95. The molecule has 94 valence electrons. The molecule has 6 nitrogen and oxygen atoms in total. The Morgan fingerprint density at radius 2 is 2.35 bits per heavy atom. The van der Waals surface area contributed by atoms with E-state index in [1.54, 1.807) is 6.26 Å². The maximum absolute atomic E-state index is 10.8. The molecule has 0 bridgehead atoms. The topological polar surface area (TPSA) is 85.1 Å². The van der Waals surface area contributed by atoms with Crippen LogP contribution in [0.1, 0.15) is 6.42 Å². The summed E-state index contributed by atoms with van der Waals surface area (Å²) in [7, 11) is -0.821. The zero-order chi connectivity index (χ0) is 12.8. The van der Waals surface area contributed by atoms with E-state index in [-0.39, 0.29) is 10.7 Å². The van der Waals surface area contributed by atoms with Crippen LogP contribution in [0.5, 0.6) is 0 Å². The van der Waals surface area contributed by atoms with Gasteiger partial charge in [0.2, 0.25) is 0 Å². The number of halogens is 1. The lowest BCUT2D eigenvalue weighted by molar-refractivity contribution is -0.385. The Kier molecular flexibility index (Phi) is 5.30. The molecule has 0 saturated heterocycles. The van der Waals surface area contributed by atoms with Crippen molar-refractivity contribution in [1.82, 2.24) is 4.98 Å². The highest BCUT2D eigenvalue weighted by atomic mass is 35.5. The third-order valence-corrected chi connectivity index (χ3v) is 3.09. The van der Waals surface area contributed by atoms with Crippen molar-refractivity contribution in [3.05, 3.63) is 27.4 Å². The Morgan fingerprint density at radius 3 is 2.88 bits per heavy atom. The number of pyridine rings is 1. The molecule has 1 aromatic rings. The van der Waals surface area contributed by atoms with E-state index in [1.165, 1.54) is 6.07 Å². The van der Waals surface area contributed by atoms with Crippen molar-refractivity contribution in [2.24, 2.45) is 0 Å². The van der Waals surface area contributed by atoms with Crippen LogP contribution in [0.4, 0.5) is 11.5 Å². The molecule has 0 aliphatic rings. The summed E-state index contributed by atoms with van der Waals surface area (Å²) < 4.78 is 10.8. The van der Waals surface area contributed by atoms with Gasteiger partial charge in [-0.3, -0.25) is 14.3 Å². The second-order valence-corrected chi connectivity index (χ2v) is 5.30. The van der Waals surface area contributed by atoms with Crippen LogP contribution in [0.2, 0.25) is 5.02 Å². The monoisotopic (exact) mass is 277 g/mol. The van der Waals surface area contributed by atoms with Gasteiger partial charge in [0, 0.05) is 35.4 Å². The normalized spacial score (nSPS) is 12.1. The van der Waals surface area contributed by atoms with E-state index < -0.39 is 15.7 Å². The first kappa shape index (κ1) is 13.9. The van der Waals surface area contributed by atoms with Crippen molar-refractivity contribution in [3.8, 4) is 0 Å². The first-order chi connectivity index (χ1) is 8.00. The van der Waals surface area contributed by atoms with Crippen molar-refractivity contribution >= 4 is 33.9 Å². The Morgan fingerprint density at radius 1 is 1.65 bits per heavy atom. The summed E-state index contributed by atoms with van der Waals surface area (Å²) >= 11 is 5.83. The number of hydrogen-bond donors (Lipinski definition) is 1. The fourth-order valence-corrected chi connectivity index (χ4v) is 1.92. The minimum Gasteiger partial charge on any atom is -0.369 e. The van der Waals surface area contributed by atoms with Crippen LogP contribution in [0.25, 0.3) is 0 Å². The highest BCUT2D eigenvalue weighted by molar-refractivity contribution is 7.84. The van der Waals surface area contributed by atoms with Gasteiger partial charge in [-0.15, -0.1) is 0 Å². The molecular weight excluding hydrogens is 266 g/mol. The summed E-state index contributed by atoms with van der Waals surface area (Å²) in [5.41, 5.74) is -0.143. The minimum atomic E-state index is -0.821. The van der Waals surface area contributed by atoms with Gasteiger partial charge in [-0.2, -0.15) is 0 Å². The fraction of sp³-hybridized carbons (Fsp3) is 0.444. The van der Waals surface area contributed by atoms with Gasteiger partial charge in [0.15, 0.2) is 0 Å². The Balaban J connectivity index is 2.54. The number of anilines is 1. The van der Waals surface area contributed by atoms with Crippen LogP contribution in [-0.2, 0) is 10.8 Å². The molecule has 1 unspecified atom stereocenters. The van der Waals surface area contributed by atoms with Gasteiger partial charge < -0.3 is 5.32 Å². The standard InChI is InChI=1S/C9H12ClN3O3S/c1-17(16)4-2-3-11-9-8(10)5-7(6-12-9)13(14)15/h5-6H,2-4H2,1H3,(H,11,12). The van der Waals surface area contributed by atoms with Crippen molar-refractivity contribution in [2.45, 2.75) is 6.42 Å². The molecule has 0 fully saturated rings. The average molecular weight is 278 g/mol. The van der Waals surface area contributed by atoms with Gasteiger partial charge in [-0.25, -0.2) is 4.98 Å². The number of hydrogen-bond acceptors (Lipinski definition) is 5. The van der Waals surface area contributed by atoms with Crippen LogP contribution >= 0.6 is 11.6 Å². The number of aromatic nitrogens is 1. The molecule has 0 aliphatic carbocycles. The maximum Gasteiger partial charge on any atom is 0.289 e. The predicted molar refractivity (Wildman–Crippen MR) is 67.9 cm³/mol. The minimum absolute atomic E-state index is 0.143. The first-order valence-electron chi connectivity index (χ1n) is 4.84. The van der Waals surface area contributed by atoms with E-state index in [0.29, 0.717) is 18.1 Å². The second-order valence-electron chi connectivity index (χ2n) is 3.34. The summed E-state index contributed by atoms with van der Waals surface area (Å²) in [6.45, 7) is 0.574. The van der Waals surface area contributed by atoms with E-state index in [9.17, 15) is 14.3 Å². The largest absolute Gasteiger partial charge is 0.369 e. The molecule has 0 amide bonds. The average Bonchev–Trinajstić information content (AvgIpc) is 2.25. The number of nitro groups is 1. The molecule has 1 N–H and O–H groups in total. The van der Waals surface area contributed by atoms with Gasteiger partial charge in [0.1, 0.15) is 12.0 Å². The summed E-state index contributed by atoms with van der Waals surface area (Å²) in [4.78, 5) is 13.8. The molecule has 0 aromatic carbocycles. The second kappa shape index (κ2) is 6.51. The summed E-state index contributed by atoms with van der Waals surface area (Å²) in [5.74, 6) is 0.997. The molecule has 0 radical (unpaired) electrons. The number of nitrogens with one attached hydrogen (secondary N) is 1. The van der Waals surface area contributed by atoms with Crippen LogP contribution in [0.3, 0.4) is 0 Å². The summed E-state index contributed by atoms with van der Waals surface area (Å²) in [5, 5.41) is 13.6. The molecule has 1 heterocycles. The third kappa shape index (κ3) is 4.66. The molecule has 1 atom stereocenters. The molecule has 1 aromatic heterocycles. The summed E-state index contributed by atoms with van der Waals surface area (Å²) in [6, 6.07) is 1.24. The lowest BCUT2D eigenvalue weighted by Gasteiger charge is -2.06. The number of nitrogens with zero attached hydrogens (tertiary/aromatic N) is 2. The highest BCUT2D eigenvalue weighted by Crippen LogP contribution is 2.23. The lowest BCUT2D eigenvalue weighted by atomic mass is 10.4. The van der Waals surface area contributed by atoms with Gasteiger partial charge in [0.05, 0.1) is 9.95 Å². The van der Waals surface area contributed by atoms with Gasteiger partial charge in [-0.1, -0.05) is 11.6 Å². The van der Waals surface area contributed by atoms with Gasteiger partial charge in [0.25, 0.3) is 5.69 Å². The molecule has 17 heavy (non-hydrogen) atoms. The molecular formula is C9H12ClN3O3S. The van der Waals surface area contributed by atoms with Crippen molar-refractivity contribution in [1.29, 1.82) is 0 Å². The predicted octanol–water partition coefficient (Wildman–Crippen LogP) is 1.82.